The van der Waals surface area contributed by atoms with Crippen LogP contribution in [0.5, 0.6) is 0 Å². The number of aliphatic hydroxyl groups excluding tert-OH is 1. The first-order chi connectivity index (χ1) is 11.9. The molecule has 1 unspecified atom stereocenters. The summed E-state index contributed by atoms with van der Waals surface area (Å²) < 4.78 is 5.54. The molecule has 26 heavy (non-hydrogen) atoms. The molecule has 0 bridgehead atoms. The topological polar surface area (TPSA) is 65.9 Å². The van der Waals surface area contributed by atoms with E-state index in [-0.39, 0.29) is 41.4 Å². The van der Waals surface area contributed by atoms with Gasteiger partial charge >= 0.3 is 0 Å². The van der Waals surface area contributed by atoms with Gasteiger partial charge in [0.15, 0.2) is 5.96 Å². The van der Waals surface area contributed by atoms with E-state index in [0.717, 1.165) is 43.5 Å². The van der Waals surface area contributed by atoms with Gasteiger partial charge < -0.3 is 20.5 Å². The van der Waals surface area contributed by atoms with E-state index in [1.54, 1.807) is 7.05 Å². The van der Waals surface area contributed by atoms with Gasteiger partial charge in [0, 0.05) is 49.2 Å². The molecule has 0 radical (unpaired) electrons. The highest BCUT2D eigenvalue weighted by Crippen LogP contribution is 2.31. The fraction of sp³-hybridized carbons (Fsp3) is 0.632. The number of benzene rings is 1. The summed E-state index contributed by atoms with van der Waals surface area (Å²) in [5.74, 6) is 0.770. The molecule has 1 aromatic carbocycles. The van der Waals surface area contributed by atoms with Crippen molar-refractivity contribution in [2.45, 2.75) is 32.1 Å². The molecule has 1 atom stereocenters. The van der Waals surface area contributed by atoms with Gasteiger partial charge in [-0.15, -0.1) is 24.0 Å². The van der Waals surface area contributed by atoms with Gasteiger partial charge in [-0.3, -0.25) is 4.99 Å². The van der Waals surface area contributed by atoms with Crippen molar-refractivity contribution in [3.05, 3.63) is 34.9 Å². The summed E-state index contributed by atoms with van der Waals surface area (Å²) in [6, 6.07) is 7.97. The molecular weight excluding hydrogens is 465 g/mol. The Hall–Kier alpha value is -0.570. The third kappa shape index (κ3) is 6.55. The normalized spacial score (nSPS) is 20.6. The zero-order chi connectivity index (χ0) is 18.3. The predicted octanol–water partition coefficient (Wildman–Crippen LogP) is 3.19. The first kappa shape index (κ1) is 23.5. The van der Waals surface area contributed by atoms with E-state index in [0.29, 0.717) is 6.61 Å². The van der Waals surface area contributed by atoms with Crippen LogP contribution in [-0.2, 0) is 10.2 Å². The second-order valence-corrected chi connectivity index (χ2v) is 7.88. The third-order valence-corrected chi connectivity index (χ3v) is 5.26. The number of aliphatic imine (C=N–C) groups is 1. The van der Waals surface area contributed by atoms with Crippen LogP contribution in [0.15, 0.2) is 29.3 Å². The fourth-order valence-corrected chi connectivity index (χ4v) is 3.24. The van der Waals surface area contributed by atoms with Crippen molar-refractivity contribution in [3.63, 3.8) is 0 Å². The third-order valence-electron chi connectivity index (χ3n) is 5.01. The second-order valence-electron chi connectivity index (χ2n) is 7.45. The zero-order valence-electron chi connectivity index (χ0n) is 15.8. The highest BCUT2D eigenvalue weighted by atomic mass is 127. The monoisotopic (exact) mass is 495 g/mol. The maximum absolute atomic E-state index is 9.33. The van der Waals surface area contributed by atoms with Gasteiger partial charge in [0.25, 0.3) is 0 Å². The minimum atomic E-state index is -0.0541. The lowest BCUT2D eigenvalue weighted by Crippen LogP contribution is -2.47. The maximum Gasteiger partial charge on any atom is 0.191 e. The summed E-state index contributed by atoms with van der Waals surface area (Å²) in [6.45, 7) is 7.50. The molecule has 0 amide bonds. The van der Waals surface area contributed by atoms with Crippen molar-refractivity contribution in [2.24, 2.45) is 10.4 Å². The molecule has 2 rings (SSSR count). The van der Waals surface area contributed by atoms with Crippen LogP contribution in [0, 0.1) is 5.41 Å². The minimum Gasteiger partial charge on any atom is -0.396 e. The Morgan fingerprint density at radius 3 is 2.54 bits per heavy atom. The van der Waals surface area contributed by atoms with E-state index < -0.39 is 0 Å². The highest BCUT2D eigenvalue weighted by Gasteiger charge is 2.34. The van der Waals surface area contributed by atoms with Crippen LogP contribution in [0.3, 0.4) is 0 Å². The summed E-state index contributed by atoms with van der Waals surface area (Å²) in [5, 5.41) is 16.9. The van der Waals surface area contributed by atoms with Crippen LogP contribution < -0.4 is 10.6 Å². The molecule has 1 aromatic rings. The molecule has 1 saturated heterocycles. The molecule has 3 N–H and O–H groups in total. The summed E-state index contributed by atoms with van der Waals surface area (Å²) in [7, 11) is 1.77. The van der Waals surface area contributed by atoms with Crippen molar-refractivity contribution in [3.8, 4) is 0 Å². The Morgan fingerprint density at radius 1 is 1.31 bits per heavy atom. The van der Waals surface area contributed by atoms with Gasteiger partial charge in [-0.05, 0) is 30.5 Å². The van der Waals surface area contributed by atoms with Gasteiger partial charge in [-0.1, -0.05) is 37.6 Å². The lowest BCUT2D eigenvalue weighted by molar-refractivity contribution is 0.127. The number of rotatable bonds is 7. The molecule has 1 heterocycles. The van der Waals surface area contributed by atoms with Crippen LogP contribution in [0.4, 0.5) is 0 Å². The lowest BCUT2D eigenvalue weighted by atomic mass is 9.84. The molecule has 1 fully saturated rings. The molecule has 1 aliphatic heterocycles. The molecule has 0 aliphatic carbocycles. The molecule has 1 aliphatic rings. The van der Waals surface area contributed by atoms with Crippen LogP contribution in [0.25, 0.3) is 0 Å². The maximum atomic E-state index is 9.33. The predicted molar refractivity (Wildman–Crippen MR) is 119 cm³/mol. The van der Waals surface area contributed by atoms with E-state index in [1.165, 1.54) is 5.56 Å². The summed E-state index contributed by atoms with van der Waals surface area (Å²) in [6.07, 6.45) is 1.71. The van der Waals surface area contributed by atoms with Crippen LogP contribution in [0.2, 0.25) is 5.02 Å². The Kier molecular flexibility index (Phi) is 9.64. The van der Waals surface area contributed by atoms with Gasteiger partial charge in [0.1, 0.15) is 0 Å². The molecule has 0 spiro atoms. The SMILES string of the molecule is CN=C(NCC1(CCO)CCOC1)NCC(C)(C)c1ccc(Cl)cc1.I. The van der Waals surface area contributed by atoms with Crippen molar-refractivity contribution in [2.75, 3.05) is 40.0 Å². The molecule has 5 nitrogen and oxygen atoms in total. The molecular formula is C19H31ClIN3O2. The number of ether oxygens (including phenoxy) is 1. The van der Waals surface area contributed by atoms with Crippen LogP contribution in [-0.4, -0.2) is 51.0 Å². The zero-order valence-corrected chi connectivity index (χ0v) is 18.9. The van der Waals surface area contributed by atoms with Crippen molar-refractivity contribution in [1.29, 1.82) is 0 Å². The molecule has 0 aromatic heterocycles. The smallest absolute Gasteiger partial charge is 0.191 e. The Bertz CT molecular complexity index is 573. The van der Waals surface area contributed by atoms with Crippen LogP contribution in [0.1, 0.15) is 32.3 Å². The summed E-state index contributed by atoms with van der Waals surface area (Å²) in [5.41, 5.74) is 1.17. The number of hydrogen-bond acceptors (Lipinski definition) is 3. The van der Waals surface area contributed by atoms with Crippen molar-refractivity contribution < 1.29 is 9.84 Å². The van der Waals surface area contributed by atoms with Gasteiger partial charge in [-0.2, -0.15) is 0 Å². The van der Waals surface area contributed by atoms with E-state index in [9.17, 15) is 5.11 Å². The standard InChI is InChI=1S/C19H30ClN3O2.HI/c1-18(2,15-4-6-16(20)7-5-15)12-22-17(21-3)23-13-19(8-10-24)9-11-25-14-19;/h4-7,24H,8-14H2,1-3H3,(H2,21,22,23);1H. The minimum absolute atomic E-state index is 0. The fourth-order valence-electron chi connectivity index (χ4n) is 3.11. The van der Waals surface area contributed by atoms with Crippen LogP contribution >= 0.6 is 35.6 Å². The number of nitrogens with zero attached hydrogens (tertiary/aromatic N) is 1. The number of hydrogen-bond donors (Lipinski definition) is 3. The van der Waals surface area contributed by atoms with Gasteiger partial charge in [0.2, 0.25) is 0 Å². The Labute approximate surface area is 179 Å². The Balaban J connectivity index is 0.00000338. The lowest BCUT2D eigenvalue weighted by Gasteiger charge is -2.30. The first-order valence-electron chi connectivity index (χ1n) is 8.80. The average Bonchev–Trinajstić information content (AvgIpc) is 3.04. The highest BCUT2D eigenvalue weighted by molar-refractivity contribution is 14.0. The van der Waals surface area contributed by atoms with E-state index in [2.05, 4.69) is 41.6 Å². The average molecular weight is 496 g/mol. The van der Waals surface area contributed by atoms with Crippen molar-refractivity contribution >= 4 is 41.5 Å². The number of aliphatic hydroxyl groups is 1. The van der Waals surface area contributed by atoms with E-state index >= 15 is 0 Å². The first-order valence-corrected chi connectivity index (χ1v) is 9.18. The van der Waals surface area contributed by atoms with Gasteiger partial charge in [0.05, 0.1) is 6.61 Å². The quantitative estimate of drug-likeness (QED) is 0.309. The number of halogens is 2. The Morgan fingerprint density at radius 2 is 2.00 bits per heavy atom. The molecule has 0 saturated carbocycles. The summed E-state index contributed by atoms with van der Waals surface area (Å²) >= 11 is 5.98. The number of guanidine groups is 1. The largest absolute Gasteiger partial charge is 0.396 e. The second kappa shape index (κ2) is 10.7. The van der Waals surface area contributed by atoms with E-state index in [1.807, 2.05) is 12.1 Å². The van der Waals surface area contributed by atoms with E-state index in [4.69, 9.17) is 16.3 Å². The molecule has 148 valence electrons. The van der Waals surface area contributed by atoms with Gasteiger partial charge in [-0.25, -0.2) is 0 Å². The summed E-state index contributed by atoms with van der Waals surface area (Å²) in [4.78, 5) is 4.32. The number of nitrogens with one attached hydrogen (secondary N) is 2. The van der Waals surface area contributed by atoms with Crippen molar-refractivity contribution in [1.82, 2.24) is 10.6 Å². The molecule has 7 heteroatoms.